The summed E-state index contributed by atoms with van der Waals surface area (Å²) >= 11 is 0. The van der Waals surface area contributed by atoms with Crippen LogP contribution in [0.1, 0.15) is 48.5 Å². The molecule has 35 heavy (non-hydrogen) atoms. The Morgan fingerprint density at radius 3 is 2.09 bits per heavy atom. The van der Waals surface area contributed by atoms with Crippen LogP contribution >= 0.6 is 0 Å². The zero-order valence-electron chi connectivity index (χ0n) is 21.5. The number of ether oxygens (including phenoxy) is 1. The van der Waals surface area contributed by atoms with Crippen molar-refractivity contribution >= 4 is 17.3 Å². The molecule has 0 bridgehead atoms. The van der Waals surface area contributed by atoms with Crippen LogP contribution in [0.15, 0.2) is 66.7 Å². The number of rotatable bonds is 7. The fourth-order valence-electron chi connectivity index (χ4n) is 4.83. The van der Waals surface area contributed by atoms with E-state index in [4.69, 9.17) is 4.74 Å². The third kappa shape index (κ3) is 5.85. The van der Waals surface area contributed by atoms with E-state index in [1.807, 2.05) is 50.5 Å². The molecule has 0 spiro atoms. The van der Waals surface area contributed by atoms with E-state index in [9.17, 15) is 4.79 Å². The fourth-order valence-corrected chi connectivity index (χ4v) is 4.83. The average molecular weight is 472 g/mol. The molecule has 1 fully saturated rings. The molecule has 5 nitrogen and oxygen atoms in total. The molecule has 0 aromatic heterocycles. The number of carbonyl (C=O) groups is 1. The first-order valence-electron chi connectivity index (χ1n) is 12.5. The third-order valence-electron chi connectivity index (χ3n) is 7.05. The summed E-state index contributed by atoms with van der Waals surface area (Å²) in [5.74, 6) is 1.23. The van der Waals surface area contributed by atoms with Crippen LogP contribution in [0.5, 0.6) is 5.75 Å². The molecular formula is C30H37N3O2. The van der Waals surface area contributed by atoms with E-state index in [0.29, 0.717) is 17.5 Å². The van der Waals surface area contributed by atoms with Gasteiger partial charge in [-0.1, -0.05) is 24.3 Å². The number of nitrogens with zero attached hydrogens (tertiary/aromatic N) is 2. The molecule has 0 unspecified atom stereocenters. The van der Waals surface area contributed by atoms with Crippen molar-refractivity contribution in [2.75, 3.05) is 44.5 Å². The molecule has 1 aliphatic heterocycles. The maximum atomic E-state index is 13.0. The Balaban J connectivity index is 1.45. The number of hydrogen-bond acceptors (Lipinski definition) is 4. The van der Waals surface area contributed by atoms with Gasteiger partial charge in [0.05, 0.1) is 7.11 Å². The highest BCUT2D eigenvalue weighted by molar-refractivity contribution is 6.04. The largest absolute Gasteiger partial charge is 0.496 e. The van der Waals surface area contributed by atoms with Gasteiger partial charge in [0.1, 0.15) is 5.75 Å². The third-order valence-corrected chi connectivity index (χ3v) is 7.05. The van der Waals surface area contributed by atoms with Crippen LogP contribution in [0, 0.1) is 0 Å². The Morgan fingerprint density at radius 2 is 1.54 bits per heavy atom. The van der Waals surface area contributed by atoms with Gasteiger partial charge >= 0.3 is 0 Å². The molecule has 0 atom stereocenters. The van der Waals surface area contributed by atoms with E-state index >= 15 is 0 Å². The van der Waals surface area contributed by atoms with E-state index in [1.165, 1.54) is 5.56 Å². The molecule has 1 heterocycles. The van der Waals surface area contributed by atoms with E-state index in [0.717, 1.165) is 54.2 Å². The van der Waals surface area contributed by atoms with Crippen molar-refractivity contribution in [3.63, 3.8) is 0 Å². The van der Waals surface area contributed by atoms with Crippen molar-refractivity contribution in [2.24, 2.45) is 0 Å². The Morgan fingerprint density at radius 1 is 0.943 bits per heavy atom. The highest BCUT2D eigenvalue weighted by Crippen LogP contribution is 2.36. The second kappa shape index (κ2) is 11.0. The van der Waals surface area contributed by atoms with Crippen LogP contribution in [0.4, 0.5) is 11.4 Å². The molecule has 3 aromatic rings. The molecule has 1 N–H and O–H groups in total. The summed E-state index contributed by atoms with van der Waals surface area (Å²) in [6.07, 6.45) is 2.20. The van der Waals surface area contributed by atoms with E-state index in [-0.39, 0.29) is 5.91 Å². The number of amides is 1. The van der Waals surface area contributed by atoms with E-state index < -0.39 is 0 Å². The standard InChI is InChI=1S/C30H37N3O2/c1-21(2)33-18-16-24(17-19-33)28-20-26(12-15-29(28)35-5)31-30(34)25-8-6-22(7-9-25)23-10-13-27(14-11-23)32(3)4/h6-15,20-21,24H,16-19H2,1-5H3,(H,31,34). The lowest BCUT2D eigenvalue weighted by molar-refractivity contribution is 0.102. The van der Waals surface area contributed by atoms with Crippen LogP contribution in [0.25, 0.3) is 11.1 Å². The second-order valence-electron chi connectivity index (χ2n) is 9.83. The average Bonchev–Trinajstić information content (AvgIpc) is 2.89. The summed E-state index contributed by atoms with van der Waals surface area (Å²) in [4.78, 5) is 17.6. The summed E-state index contributed by atoms with van der Waals surface area (Å²) in [7, 11) is 5.78. The quantitative estimate of drug-likeness (QED) is 0.441. The minimum Gasteiger partial charge on any atom is -0.496 e. The first-order chi connectivity index (χ1) is 16.9. The number of nitrogens with one attached hydrogen (secondary N) is 1. The lowest BCUT2D eigenvalue weighted by Crippen LogP contribution is -2.37. The Hall–Kier alpha value is -3.31. The van der Waals surface area contributed by atoms with Crippen LogP contribution in [0.3, 0.4) is 0 Å². The van der Waals surface area contributed by atoms with Crippen LogP contribution in [0.2, 0.25) is 0 Å². The predicted molar refractivity (Wildman–Crippen MR) is 146 cm³/mol. The zero-order valence-corrected chi connectivity index (χ0v) is 21.5. The van der Waals surface area contributed by atoms with Crippen molar-refractivity contribution in [3.8, 4) is 16.9 Å². The van der Waals surface area contributed by atoms with Crippen molar-refractivity contribution in [2.45, 2.75) is 38.6 Å². The predicted octanol–water partition coefficient (Wildman–Crippen LogP) is 6.27. The molecule has 1 amide bonds. The van der Waals surface area contributed by atoms with Crippen molar-refractivity contribution in [1.29, 1.82) is 0 Å². The number of benzene rings is 3. The van der Waals surface area contributed by atoms with Gasteiger partial charge in [-0.3, -0.25) is 4.79 Å². The smallest absolute Gasteiger partial charge is 0.255 e. The molecule has 1 aliphatic rings. The highest BCUT2D eigenvalue weighted by Gasteiger charge is 2.24. The lowest BCUT2D eigenvalue weighted by atomic mass is 9.88. The summed E-state index contributed by atoms with van der Waals surface area (Å²) in [5.41, 5.74) is 6.01. The van der Waals surface area contributed by atoms with Gasteiger partial charge in [0.15, 0.2) is 0 Å². The number of likely N-dealkylation sites (tertiary alicyclic amines) is 1. The highest BCUT2D eigenvalue weighted by atomic mass is 16.5. The SMILES string of the molecule is COc1ccc(NC(=O)c2ccc(-c3ccc(N(C)C)cc3)cc2)cc1C1CCN(C(C)C)CC1. The van der Waals surface area contributed by atoms with Crippen molar-refractivity contribution in [1.82, 2.24) is 4.90 Å². The van der Waals surface area contributed by atoms with Gasteiger partial charge in [-0.05, 0) is 105 Å². The number of methoxy groups -OCH3 is 1. The second-order valence-corrected chi connectivity index (χ2v) is 9.83. The topological polar surface area (TPSA) is 44.8 Å². The Kier molecular flexibility index (Phi) is 7.76. The summed E-state index contributed by atoms with van der Waals surface area (Å²) in [6, 6.07) is 22.7. The van der Waals surface area contributed by atoms with Gasteiger partial charge in [0.2, 0.25) is 0 Å². The minimum absolute atomic E-state index is 0.106. The maximum absolute atomic E-state index is 13.0. The van der Waals surface area contributed by atoms with Gasteiger partial charge in [0, 0.05) is 37.1 Å². The van der Waals surface area contributed by atoms with Gasteiger partial charge in [-0.25, -0.2) is 0 Å². The van der Waals surface area contributed by atoms with E-state index in [1.54, 1.807) is 7.11 Å². The van der Waals surface area contributed by atoms with Gasteiger partial charge in [-0.2, -0.15) is 0 Å². The van der Waals surface area contributed by atoms with Crippen molar-refractivity contribution in [3.05, 3.63) is 77.9 Å². The lowest BCUT2D eigenvalue weighted by Gasteiger charge is -2.35. The monoisotopic (exact) mass is 471 g/mol. The number of piperidine rings is 1. The molecule has 1 saturated heterocycles. The number of anilines is 2. The first-order valence-corrected chi connectivity index (χ1v) is 12.5. The molecule has 0 saturated carbocycles. The maximum Gasteiger partial charge on any atom is 0.255 e. The Labute approximate surface area is 209 Å². The molecular weight excluding hydrogens is 434 g/mol. The molecule has 0 aliphatic carbocycles. The fraction of sp³-hybridized carbons (Fsp3) is 0.367. The van der Waals surface area contributed by atoms with E-state index in [2.05, 4.69) is 59.3 Å². The summed E-state index contributed by atoms with van der Waals surface area (Å²) < 4.78 is 5.66. The number of hydrogen-bond donors (Lipinski definition) is 1. The minimum atomic E-state index is -0.106. The van der Waals surface area contributed by atoms with Crippen molar-refractivity contribution < 1.29 is 9.53 Å². The van der Waals surface area contributed by atoms with Crippen LogP contribution in [-0.4, -0.2) is 51.1 Å². The molecule has 4 rings (SSSR count). The molecule has 5 heteroatoms. The van der Waals surface area contributed by atoms with Gasteiger partial charge < -0.3 is 19.9 Å². The molecule has 184 valence electrons. The van der Waals surface area contributed by atoms with Crippen LogP contribution < -0.4 is 15.0 Å². The first kappa shape index (κ1) is 24.8. The van der Waals surface area contributed by atoms with Gasteiger partial charge in [-0.15, -0.1) is 0 Å². The number of carbonyl (C=O) groups excluding carboxylic acids is 1. The summed E-state index contributed by atoms with van der Waals surface area (Å²) in [6.45, 7) is 6.69. The summed E-state index contributed by atoms with van der Waals surface area (Å²) in [5, 5.41) is 3.08. The Bertz CT molecular complexity index is 1130. The van der Waals surface area contributed by atoms with Crippen LogP contribution in [-0.2, 0) is 0 Å². The zero-order chi connectivity index (χ0) is 24.9. The normalized spacial score (nSPS) is 14.7. The van der Waals surface area contributed by atoms with Gasteiger partial charge in [0.25, 0.3) is 5.91 Å². The molecule has 0 radical (unpaired) electrons. The molecule has 3 aromatic carbocycles.